The van der Waals surface area contributed by atoms with Crippen molar-refractivity contribution in [2.75, 3.05) is 6.54 Å². The van der Waals surface area contributed by atoms with Gasteiger partial charge in [-0.2, -0.15) is 0 Å². The molecule has 0 heterocycles. The Morgan fingerprint density at radius 3 is 2.39 bits per heavy atom. The Balaban J connectivity index is 4.55. The highest BCUT2D eigenvalue weighted by molar-refractivity contribution is 5.98. The standard InChI is InChI=1S/C14H24N4O5/c1-14(2,3)23-13(22)10(15)8-9(12(20)21)11(19)6-4-5-7-17-18-16/h9-10H,4-8,15H2,1-3H3,(H,20,21). The monoisotopic (exact) mass is 328 g/mol. The maximum atomic E-state index is 12.0. The fraction of sp³-hybridized carbons (Fsp3) is 0.786. The highest BCUT2D eigenvalue weighted by Gasteiger charge is 2.32. The predicted octanol–water partition coefficient (Wildman–Crippen LogP) is 1.80. The summed E-state index contributed by atoms with van der Waals surface area (Å²) in [6.45, 7) is 5.25. The fourth-order valence-corrected chi connectivity index (χ4v) is 1.80. The lowest BCUT2D eigenvalue weighted by Gasteiger charge is -2.23. The Hall–Kier alpha value is -2.12. The quantitative estimate of drug-likeness (QED) is 0.155. The molecule has 0 aromatic heterocycles. The molecule has 2 unspecified atom stereocenters. The molecule has 0 amide bonds. The van der Waals surface area contributed by atoms with Crippen molar-refractivity contribution in [2.45, 2.75) is 58.1 Å². The molecule has 9 nitrogen and oxygen atoms in total. The number of carbonyl (C=O) groups excluding carboxylic acids is 2. The Kier molecular flexibility index (Phi) is 8.90. The Morgan fingerprint density at radius 1 is 1.30 bits per heavy atom. The minimum atomic E-state index is -1.35. The zero-order valence-electron chi connectivity index (χ0n) is 13.7. The number of Topliss-reactive ketones (excluding diaryl/α,β-unsaturated/α-hetero) is 1. The third kappa shape index (κ3) is 9.49. The number of hydrogen-bond donors (Lipinski definition) is 2. The number of azide groups is 1. The second kappa shape index (κ2) is 9.81. The van der Waals surface area contributed by atoms with Gasteiger partial charge in [0.15, 0.2) is 0 Å². The van der Waals surface area contributed by atoms with Gasteiger partial charge < -0.3 is 15.6 Å². The van der Waals surface area contributed by atoms with E-state index in [0.717, 1.165) is 0 Å². The molecular formula is C14H24N4O5. The van der Waals surface area contributed by atoms with Gasteiger partial charge in [0.2, 0.25) is 0 Å². The van der Waals surface area contributed by atoms with Gasteiger partial charge in [0.05, 0.1) is 0 Å². The van der Waals surface area contributed by atoms with E-state index in [2.05, 4.69) is 10.0 Å². The van der Waals surface area contributed by atoms with Crippen molar-refractivity contribution in [3.8, 4) is 0 Å². The van der Waals surface area contributed by atoms with Crippen LogP contribution in [0.15, 0.2) is 5.11 Å². The minimum Gasteiger partial charge on any atom is -0.481 e. The van der Waals surface area contributed by atoms with Crippen LogP contribution >= 0.6 is 0 Å². The number of esters is 1. The van der Waals surface area contributed by atoms with Crippen LogP contribution in [0.3, 0.4) is 0 Å². The summed E-state index contributed by atoms with van der Waals surface area (Å²) in [5, 5.41) is 12.5. The highest BCUT2D eigenvalue weighted by Crippen LogP contribution is 2.15. The number of carboxylic acids is 1. The molecule has 0 bridgehead atoms. The van der Waals surface area contributed by atoms with E-state index in [1.807, 2.05) is 0 Å². The average molecular weight is 328 g/mol. The van der Waals surface area contributed by atoms with Gasteiger partial charge in [-0.15, -0.1) is 0 Å². The van der Waals surface area contributed by atoms with Gasteiger partial charge in [-0.25, -0.2) is 0 Å². The SMILES string of the molecule is CC(C)(C)OC(=O)C(N)CC(C(=O)O)C(=O)CCCCN=[N+]=[N-]. The average Bonchev–Trinajstić information content (AvgIpc) is 2.41. The highest BCUT2D eigenvalue weighted by atomic mass is 16.6. The van der Waals surface area contributed by atoms with Crippen molar-refractivity contribution >= 4 is 17.7 Å². The maximum absolute atomic E-state index is 12.0. The van der Waals surface area contributed by atoms with E-state index in [1.54, 1.807) is 20.8 Å². The van der Waals surface area contributed by atoms with Crippen LogP contribution in [-0.4, -0.2) is 41.0 Å². The molecule has 0 saturated heterocycles. The first-order valence-electron chi connectivity index (χ1n) is 7.33. The first kappa shape index (κ1) is 20.9. The van der Waals surface area contributed by atoms with E-state index in [9.17, 15) is 14.4 Å². The van der Waals surface area contributed by atoms with E-state index in [-0.39, 0.29) is 19.4 Å². The van der Waals surface area contributed by atoms with Crippen LogP contribution in [0, 0.1) is 5.92 Å². The van der Waals surface area contributed by atoms with Crippen LogP contribution < -0.4 is 5.73 Å². The normalized spacial score (nSPS) is 13.6. The number of ketones is 1. The second-order valence-electron chi connectivity index (χ2n) is 6.14. The molecule has 9 heteroatoms. The zero-order valence-corrected chi connectivity index (χ0v) is 13.7. The molecule has 0 aliphatic carbocycles. The molecule has 0 aliphatic heterocycles. The number of nitrogens with zero attached hydrogens (tertiary/aromatic N) is 3. The number of carboxylic acid groups (broad SMARTS) is 1. The lowest BCUT2D eigenvalue weighted by molar-refractivity contribution is -0.157. The maximum Gasteiger partial charge on any atom is 0.323 e. The van der Waals surface area contributed by atoms with E-state index >= 15 is 0 Å². The molecule has 0 saturated carbocycles. The van der Waals surface area contributed by atoms with Crippen molar-refractivity contribution < 1.29 is 24.2 Å². The summed E-state index contributed by atoms with van der Waals surface area (Å²) < 4.78 is 5.07. The van der Waals surface area contributed by atoms with Gasteiger partial charge in [-0.1, -0.05) is 5.11 Å². The van der Waals surface area contributed by atoms with Crippen LogP contribution in [-0.2, 0) is 19.1 Å². The zero-order chi connectivity index (χ0) is 18.0. The van der Waals surface area contributed by atoms with Crippen molar-refractivity contribution in [1.29, 1.82) is 0 Å². The van der Waals surface area contributed by atoms with Crippen molar-refractivity contribution in [3.63, 3.8) is 0 Å². The molecule has 0 aromatic carbocycles. The summed E-state index contributed by atoms with van der Waals surface area (Å²) in [5.74, 6) is -3.90. The topological polar surface area (TPSA) is 155 Å². The number of ether oxygens (including phenoxy) is 1. The number of unbranched alkanes of at least 4 members (excludes halogenated alkanes) is 1. The van der Waals surface area contributed by atoms with Crippen LogP contribution in [0.5, 0.6) is 0 Å². The number of rotatable bonds is 10. The van der Waals surface area contributed by atoms with Crippen molar-refractivity contribution in [2.24, 2.45) is 16.8 Å². The van der Waals surface area contributed by atoms with E-state index in [0.29, 0.717) is 12.8 Å². The molecule has 0 fully saturated rings. The summed E-state index contributed by atoms with van der Waals surface area (Å²) in [6, 6.07) is -1.18. The van der Waals surface area contributed by atoms with E-state index in [1.165, 1.54) is 0 Å². The Bertz CT molecular complexity index is 480. The third-order valence-electron chi connectivity index (χ3n) is 2.88. The van der Waals surface area contributed by atoms with Crippen LogP contribution in [0.4, 0.5) is 0 Å². The van der Waals surface area contributed by atoms with Gasteiger partial charge >= 0.3 is 11.9 Å². The van der Waals surface area contributed by atoms with Gasteiger partial charge in [0.1, 0.15) is 23.3 Å². The predicted molar refractivity (Wildman–Crippen MR) is 82.4 cm³/mol. The molecule has 2 atom stereocenters. The molecule has 0 aromatic rings. The van der Waals surface area contributed by atoms with Crippen LogP contribution in [0.2, 0.25) is 0 Å². The number of carbonyl (C=O) groups is 3. The number of hydrogen-bond acceptors (Lipinski definition) is 6. The second-order valence-corrected chi connectivity index (χ2v) is 6.14. The molecule has 130 valence electrons. The van der Waals surface area contributed by atoms with Crippen LogP contribution in [0.25, 0.3) is 10.4 Å². The number of nitrogens with two attached hydrogens (primary N) is 1. The van der Waals surface area contributed by atoms with E-state index in [4.69, 9.17) is 21.1 Å². The lowest BCUT2D eigenvalue weighted by atomic mass is 9.93. The van der Waals surface area contributed by atoms with Crippen molar-refractivity contribution in [3.05, 3.63) is 10.4 Å². The summed E-state index contributed by atoms with van der Waals surface area (Å²) in [5.41, 5.74) is 13.0. The third-order valence-corrected chi connectivity index (χ3v) is 2.88. The summed E-state index contributed by atoms with van der Waals surface area (Å²) >= 11 is 0. The van der Waals surface area contributed by atoms with Crippen molar-refractivity contribution in [1.82, 2.24) is 0 Å². The van der Waals surface area contributed by atoms with Crippen LogP contribution in [0.1, 0.15) is 46.5 Å². The molecule has 0 aliphatic rings. The Morgan fingerprint density at radius 2 is 1.91 bits per heavy atom. The largest absolute Gasteiger partial charge is 0.481 e. The number of aliphatic carboxylic acids is 1. The first-order chi connectivity index (χ1) is 10.6. The molecular weight excluding hydrogens is 304 g/mol. The summed E-state index contributed by atoms with van der Waals surface area (Å²) in [7, 11) is 0. The van der Waals surface area contributed by atoms with Gasteiger partial charge in [0.25, 0.3) is 0 Å². The Labute approximate surface area is 134 Å². The summed E-state index contributed by atoms with van der Waals surface area (Å²) in [4.78, 5) is 37.5. The lowest BCUT2D eigenvalue weighted by Crippen LogP contribution is -2.41. The van der Waals surface area contributed by atoms with Gasteiger partial charge in [0, 0.05) is 17.9 Å². The van der Waals surface area contributed by atoms with Gasteiger partial charge in [-0.05, 0) is 45.6 Å². The molecule has 0 radical (unpaired) electrons. The minimum absolute atomic E-state index is 0.0267. The first-order valence-corrected chi connectivity index (χ1v) is 7.33. The van der Waals surface area contributed by atoms with E-state index < -0.39 is 35.3 Å². The molecule has 0 rings (SSSR count). The molecule has 23 heavy (non-hydrogen) atoms. The smallest absolute Gasteiger partial charge is 0.323 e. The fourth-order valence-electron chi connectivity index (χ4n) is 1.80. The summed E-state index contributed by atoms with van der Waals surface area (Å²) in [6.07, 6.45) is 0.613. The molecule has 3 N–H and O–H groups in total. The molecule has 0 spiro atoms. The van der Waals surface area contributed by atoms with Gasteiger partial charge in [-0.3, -0.25) is 14.4 Å².